The minimum Gasteiger partial charge on any atom is -0.368 e. The van der Waals surface area contributed by atoms with Gasteiger partial charge in [0.05, 0.1) is 17.6 Å². The van der Waals surface area contributed by atoms with Crippen molar-refractivity contribution < 1.29 is 14.4 Å². The highest BCUT2D eigenvalue weighted by Gasteiger charge is 2.12. The number of nitrogens with two attached hydrogens (primary N) is 1. The first-order valence-corrected chi connectivity index (χ1v) is 9.15. The van der Waals surface area contributed by atoms with Gasteiger partial charge in [-0.05, 0) is 49.7 Å². The number of aryl methyl sites for hydroxylation is 2. The van der Waals surface area contributed by atoms with Crippen molar-refractivity contribution in [1.29, 1.82) is 0 Å². The molecular formula is C22H22N4O3. The minimum atomic E-state index is -0.605. The molecule has 3 rings (SSSR count). The van der Waals surface area contributed by atoms with Gasteiger partial charge in [-0.2, -0.15) is 0 Å². The maximum absolute atomic E-state index is 12.8. The number of carbonyl (C=O) groups excluding carboxylic acids is 3. The Morgan fingerprint density at radius 3 is 2.34 bits per heavy atom. The van der Waals surface area contributed by atoms with Gasteiger partial charge in [-0.15, -0.1) is 0 Å². The fourth-order valence-electron chi connectivity index (χ4n) is 2.98. The lowest BCUT2D eigenvalue weighted by Crippen LogP contribution is -2.33. The third-order valence-electron chi connectivity index (χ3n) is 4.43. The largest absolute Gasteiger partial charge is 0.368 e. The van der Waals surface area contributed by atoms with Crippen LogP contribution >= 0.6 is 0 Å². The van der Waals surface area contributed by atoms with Crippen LogP contribution in [0.5, 0.6) is 0 Å². The van der Waals surface area contributed by atoms with E-state index in [1.54, 1.807) is 30.3 Å². The van der Waals surface area contributed by atoms with Crippen LogP contribution in [0.1, 0.15) is 37.5 Å². The number of aromatic nitrogens is 1. The molecule has 1 heterocycles. The highest BCUT2D eigenvalue weighted by Crippen LogP contribution is 2.20. The number of fused-ring (bicyclic) bond motifs is 1. The van der Waals surface area contributed by atoms with Crippen LogP contribution in [0, 0.1) is 13.8 Å². The first-order valence-electron chi connectivity index (χ1n) is 9.15. The van der Waals surface area contributed by atoms with E-state index in [1.165, 1.54) is 0 Å². The Morgan fingerprint density at radius 1 is 0.931 bits per heavy atom. The van der Waals surface area contributed by atoms with Crippen molar-refractivity contribution in [1.82, 2.24) is 15.6 Å². The summed E-state index contributed by atoms with van der Waals surface area (Å²) in [4.78, 5) is 39.9. The number of hydrogen-bond donors (Lipinski definition) is 3. The van der Waals surface area contributed by atoms with E-state index in [9.17, 15) is 14.4 Å². The zero-order valence-electron chi connectivity index (χ0n) is 16.3. The number of pyridine rings is 1. The molecule has 2 aromatic carbocycles. The second-order valence-corrected chi connectivity index (χ2v) is 6.86. The van der Waals surface area contributed by atoms with Crippen molar-refractivity contribution in [3.8, 4) is 0 Å². The molecule has 0 aliphatic rings. The molecule has 0 radical (unpaired) electrons. The summed E-state index contributed by atoms with van der Waals surface area (Å²) in [6.45, 7) is 3.94. The zero-order valence-corrected chi connectivity index (χ0v) is 16.3. The van der Waals surface area contributed by atoms with Crippen molar-refractivity contribution in [3.05, 3.63) is 76.5 Å². The smallest absolute Gasteiger partial charge is 0.252 e. The van der Waals surface area contributed by atoms with Crippen LogP contribution in [0.3, 0.4) is 0 Å². The maximum atomic E-state index is 12.8. The SMILES string of the molecule is Cc1ccc2nc(C)cc(C(=O)NCc3ccc(C(=O)NCC(N)=O)cc3)c2c1. The average molecular weight is 390 g/mol. The van der Waals surface area contributed by atoms with Crippen LogP contribution in [-0.4, -0.2) is 29.3 Å². The highest BCUT2D eigenvalue weighted by atomic mass is 16.2. The summed E-state index contributed by atoms with van der Waals surface area (Å²) >= 11 is 0. The average Bonchev–Trinajstić information content (AvgIpc) is 2.70. The number of primary amides is 1. The van der Waals surface area contributed by atoms with Gasteiger partial charge >= 0.3 is 0 Å². The van der Waals surface area contributed by atoms with Crippen LogP contribution in [0.4, 0.5) is 0 Å². The third-order valence-corrected chi connectivity index (χ3v) is 4.43. The van der Waals surface area contributed by atoms with Gasteiger partial charge in [-0.3, -0.25) is 19.4 Å². The Balaban J connectivity index is 1.70. The molecule has 7 heteroatoms. The fraction of sp³-hybridized carbons (Fsp3) is 0.182. The maximum Gasteiger partial charge on any atom is 0.252 e. The molecule has 29 heavy (non-hydrogen) atoms. The molecule has 148 valence electrons. The summed E-state index contributed by atoms with van der Waals surface area (Å²) in [7, 11) is 0. The molecule has 0 saturated carbocycles. The highest BCUT2D eigenvalue weighted by molar-refractivity contribution is 6.06. The first-order chi connectivity index (χ1) is 13.8. The van der Waals surface area contributed by atoms with Crippen molar-refractivity contribution in [2.75, 3.05) is 6.54 Å². The summed E-state index contributed by atoms with van der Waals surface area (Å²) in [6, 6.07) is 14.4. The molecule has 0 bridgehead atoms. The minimum absolute atomic E-state index is 0.186. The van der Waals surface area contributed by atoms with E-state index < -0.39 is 5.91 Å². The van der Waals surface area contributed by atoms with Crippen LogP contribution in [0.15, 0.2) is 48.5 Å². The van der Waals surface area contributed by atoms with Crippen LogP contribution in [0.2, 0.25) is 0 Å². The molecule has 1 aromatic heterocycles. The summed E-state index contributed by atoms with van der Waals surface area (Å²) in [5.41, 5.74) is 9.47. The van der Waals surface area contributed by atoms with Gasteiger partial charge in [-0.25, -0.2) is 0 Å². The lowest BCUT2D eigenvalue weighted by atomic mass is 10.0. The second-order valence-electron chi connectivity index (χ2n) is 6.86. The number of benzene rings is 2. The number of carbonyl (C=O) groups is 3. The molecule has 0 aliphatic carbocycles. The fourth-order valence-corrected chi connectivity index (χ4v) is 2.98. The van der Waals surface area contributed by atoms with Gasteiger partial charge in [0.15, 0.2) is 0 Å². The molecule has 0 unspecified atom stereocenters. The Hall–Kier alpha value is -3.74. The number of nitrogens with one attached hydrogen (secondary N) is 2. The number of amides is 3. The quantitative estimate of drug-likeness (QED) is 0.597. The van der Waals surface area contributed by atoms with Crippen molar-refractivity contribution in [3.63, 3.8) is 0 Å². The molecule has 0 atom stereocenters. The Labute approximate surface area is 168 Å². The summed E-state index contributed by atoms with van der Waals surface area (Å²) in [5, 5.41) is 6.16. The summed E-state index contributed by atoms with van der Waals surface area (Å²) in [6.07, 6.45) is 0. The second kappa shape index (κ2) is 8.52. The van der Waals surface area contributed by atoms with Crippen molar-refractivity contribution >= 4 is 28.6 Å². The van der Waals surface area contributed by atoms with Crippen LogP contribution in [-0.2, 0) is 11.3 Å². The monoisotopic (exact) mass is 390 g/mol. The van der Waals surface area contributed by atoms with Crippen molar-refractivity contribution in [2.45, 2.75) is 20.4 Å². The molecule has 0 saturated heterocycles. The molecule has 3 amide bonds. The van der Waals surface area contributed by atoms with Gasteiger partial charge in [-0.1, -0.05) is 23.8 Å². The van der Waals surface area contributed by atoms with E-state index >= 15 is 0 Å². The van der Waals surface area contributed by atoms with E-state index in [0.717, 1.165) is 27.7 Å². The topological polar surface area (TPSA) is 114 Å². The number of hydrogen-bond acceptors (Lipinski definition) is 4. The third kappa shape index (κ3) is 4.95. The van der Waals surface area contributed by atoms with Crippen LogP contribution in [0.25, 0.3) is 10.9 Å². The molecule has 0 fully saturated rings. The lowest BCUT2D eigenvalue weighted by Gasteiger charge is -2.10. The summed E-state index contributed by atoms with van der Waals surface area (Å²) in [5.74, 6) is -1.17. The first kappa shape index (κ1) is 20.0. The van der Waals surface area contributed by atoms with Gasteiger partial charge in [0.2, 0.25) is 5.91 Å². The predicted octanol–water partition coefficient (Wildman–Crippen LogP) is 2.00. The van der Waals surface area contributed by atoms with E-state index in [1.807, 2.05) is 32.0 Å². The van der Waals surface area contributed by atoms with Gasteiger partial charge in [0.1, 0.15) is 0 Å². The van der Waals surface area contributed by atoms with Gasteiger partial charge in [0, 0.05) is 23.2 Å². The van der Waals surface area contributed by atoms with Gasteiger partial charge < -0.3 is 16.4 Å². The molecular weight excluding hydrogens is 368 g/mol. The van der Waals surface area contributed by atoms with E-state index in [-0.39, 0.29) is 18.4 Å². The molecule has 0 aliphatic heterocycles. The van der Waals surface area contributed by atoms with E-state index in [4.69, 9.17) is 5.73 Å². The predicted molar refractivity (Wildman–Crippen MR) is 110 cm³/mol. The Morgan fingerprint density at radius 2 is 1.66 bits per heavy atom. The van der Waals surface area contributed by atoms with Gasteiger partial charge in [0.25, 0.3) is 11.8 Å². The number of nitrogens with zero attached hydrogens (tertiary/aromatic N) is 1. The van der Waals surface area contributed by atoms with E-state index in [0.29, 0.717) is 17.7 Å². The normalized spacial score (nSPS) is 10.6. The van der Waals surface area contributed by atoms with Crippen LogP contribution < -0.4 is 16.4 Å². The standard InChI is InChI=1S/C22H22N4O3/c1-13-3-8-19-17(9-13)18(10-14(2)26-19)22(29)24-11-15-4-6-16(7-5-15)21(28)25-12-20(23)27/h3-10H,11-12H2,1-2H3,(H2,23,27)(H,24,29)(H,25,28). The summed E-state index contributed by atoms with van der Waals surface area (Å²) < 4.78 is 0. The lowest BCUT2D eigenvalue weighted by molar-refractivity contribution is -0.117. The number of rotatable bonds is 6. The molecule has 0 spiro atoms. The Bertz CT molecular complexity index is 1090. The van der Waals surface area contributed by atoms with Crippen molar-refractivity contribution in [2.24, 2.45) is 5.73 Å². The molecule has 7 nitrogen and oxygen atoms in total. The molecule has 3 aromatic rings. The molecule has 4 N–H and O–H groups in total. The zero-order chi connectivity index (χ0) is 21.0. The van der Waals surface area contributed by atoms with E-state index in [2.05, 4.69) is 15.6 Å². The Kier molecular flexibility index (Phi) is 5.87.